The van der Waals surface area contributed by atoms with Crippen LogP contribution in [0.25, 0.3) is 0 Å². The Labute approximate surface area is 137 Å². The highest BCUT2D eigenvalue weighted by molar-refractivity contribution is 5.60. The molecular weight excluding hydrogens is 272 g/mol. The molecule has 1 N–H and O–H groups in total. The van der Waals surface area contributed by atoms with Crippen LogP contribution >= 0.6 is 0 Å². The van der Waals surface area contributed by atoms with Crippen molar-refractivity contribution in [1.82, 2.24) is 4.90 Å². The van der Waals surface area contributed by atoms with Crippen LogP contribution in [0, 0.1) is 5.41 Å². The summed E-state index contributed by atoms with van der Waals surface area (Å²) in [6.45, 7) is 13.9. The smallest absolute Gasteiger partial charge is 0.119 e. The van der Waals surface area contributed by atoms with Crippen LogP contribution in [0.2, 0.25) is 0 Å². The van der Waals surface area contributed by atoms with Gasteiger partial charge in [0, 0.05) is 24.7 Å². The summed E-state index contributed by atoms with van der Waals surface area (Å²) >= 11 is 0. The standard InChI is InChI=1S/C15H22N2O.2C2H6/c1-15(6-7-17(2)10-15)13-9-16-14-5-4-11(18-3)8-12(13)14;2*1-2/h4-5,8,13,16H,6-7,9-10H2,1-3H3;2*1-2H3. The molecule has 2 unspecified atom stereocenters. The van der Waals surface area contributed by atoms with Crippen molar-refractivity contribution in [2.75, 3.05) is 39.1 Å². The molecule has 3 heteroatoms. The van der Waals surface area contributed by atoms with Crippen molar-refractivity contribution < 1.29 is 4.74 Å². The summed E-state index contributed by atoms with van der Waals surface area (Å²) in [7, 11) is 3.96. The van der Waals surface area contributed by atoms with E-state index in [2.05, 4.69) is 36.3 Å². The number of benzene rings is 1. The lowest BCUT2D eigenvalue weighted by Crippen LogP contribution is -2.30. The summed E-state index contributed by atoms with van der Waals surface area (Å²) in [5.41, 5.74) is 3.11. The quantitative estimate of drug-likeness (QED) is 0.864. The first-order valence-corrected chi connectivity index (χ1v) is 8.73. The zero-order valence-electron chi connectivity index (χ0n) is 15.5. The lowest BCUT2D eigenvalue weighted by atomic mass is 9.74. The Bertz CT molecular complexity index is 461. The van der Waals surface area contributed by atoms with Gasteiger partial charge in [0.1, 0.15) is 5.75 Å². The van der Waals surface area contributed by atoms with Crippen LogP contribution in [-0.2, 0) is 0 Å². The van der Waals surface area contributed by atoms with Crippen LogP contribution < -0.4 is 10.1 Å². The summed E-state index contributed by atoms with van der Waals surface area (Å²) < 4.78 is 5.37. The van der Waals surface area contributed by atoms with Crippen molar-refractivity contribution in [3.8, 4) is 5.75 Å². The Balaban J connectivity index is 0.000000561. The SMILES string of the molecule is CC.CC.COc1ccc2c(c1)C(C1(C)CCN(C)C1)CN2. The highest BCUT2D eigenvalue weighted by Gasteiger charge is 2.42. The van der Waals surface area contributed by atoms with Gasteiger partial charge >= 0.3 is 0 Å². The van der Waals surface area contributed by atoms with Gasteiger partial charge in [0.25, 0.3) is 0 Å². The van der Waals surface area contributed by atoms with E-state index in [1.807, 2.05) is 33.8 Å². The second kappa shape index (κ2) is 8.42. The molecule has 1 saturated heterocycles. The highest BCUT2D eigenvalue weighted by Crippen LogP contribution is 2.48. The summed E-state index contributed by atoms with van der Waals surface area (Å²) in [4.78, 5) is 2.44. The molecule has 0 spiro atoms. The van der Waals surface area contributed by atoms with Crippen molar-refractivity contribution >= 4 is 5.69 Å². The maximum atomic E-state index is 5.37. The fourth-order valence-corrected chi connectivity index (χ4v) is 3.57. The van der Waals surface area contributed by atoms with Gasteiger partial charge in [-0.05, 0) is 49.2 Å². The number of likely N-dealkylation sites (tertiary alicyclic amines) is 1. The third kappa shape index (κ3) is 3.75. The summed E-state index contributed by atoms with van der Waals surface area (Å²) in [5, 5.41) is 3.54. The van der Waals surface area contributed by atoms with Crippen molar-refractivity contribution in [1.29, 1.82) is 0 Å². The van der Waals surface area contributed by atoms with E-state index in [9.17, 15) is 0 Å². The number of anilines is 1. The molecule has 2 atom stereocenters. The molecule has 1 aromatic carbocycles. The van der Waals surface area contributed by atoms with Crippen molar-refractivity contribution in [3.63, 3.8) is 0 Å². The van der Waals surface area contributed by atoms with E-state index >= 15 is 0 Å². The average molecular weight is 306 g/mol. The average Bonchev–Trinajstić information content (AvgIpc) is 3.14. The van der Waals surface area contributed by atoms with Gasteiger partial charge in [-0.3, -0.25) is 0 Å². The number of fused-ring (bicyclic) bond motifs is 1. The largest absolute Gasteiger partial charge is 0.497 e. The fourth-order valence-electron chi connectivity index (χ4n) is 3.57. The molecule has 0 amide bonds. The Morgan fingerprint density at radius 2 is 1.91 bits per heavy atom. The first kappa shape index (κ1) is 18.8. The van der Waals surface area contributed by atoms with Crippen molar-refractivity contribution in [2.24, 2.45) is 5.41 Å². The monoisotopic (exact) mass is 306 g/mol. The van der Waals surface area contributed by atoms with E-state index in [1.165, 1.54) is 30.8 Å². The third-order valence-corrected chi connectivity index (χ3v) is 4.67. The molecule has 0 aliphatic carbocycles. The Morgan fingerprint density at radius 3 is 2.45 bits per heavy atom. The van der Waals surface area contributed by atoms with Crippen LogP contribution in [0.1, 0.15) is 52.5 Å². The van der Waals surface area contributed by atoms with Gasteiger partial charge in [-0.2, -0.15) is 0 Å². The molecule has 0 bridgehead atoms. The number of nitrogens with zero attached hydrogens (tertiary/aromatic N) is 1. The minimum atomic E-state index is 0.388. The number of ether oxygens (including phenoxy) is 1. The number of rotatable bonds is 2. The zero-order valence-corrected chi connectivity index (χ0v) is 15.5. The van der Waals surface area contributed by atoms with E-state index < -0.39 is 0 Å². The first-order valence-electron chi connectivity index (χ1n) is 8.73. The third-order valence-electron chi connectivity index (χ3n) is 4.67. The lowest BCUT2D eigenvalue weighted by molar-refractivity contribution is 0.263. The van der Waals surface area contributed by atoms with Crippen molar-refractivity contribution in [3.05, 3.63) is 23.8 Å². The molecular formula is C19H34N2O. The normalized spacial score (nSPS) is 26.0. The lowest BCUT2D eigenvalue weighted by Gasteiger charge is -2.31. The van der Waals surface area contributed by atoms with Gasteiger partial charge < -0.3 is 15.0 Å². The van der Waals surface area contributed by atoms with Gasteiger partial charge in [0.2, 0.25) is 0 Å². The second-order valence-electron chi connectivity index (χ2n) is 6.03. The molecule has 0 aromatic heterocycles. The molecule has 1 fully saturated rings. The minimum Gasteiger partial charge on any atom is -0.497 e. The number of methoxy groups -OCH3 is 1. The molecule has 2 aliphatic rings. The minimum absolute atomic E-state index is 0.388. The Hall–Kier alpha value is -1.22. The van der Waals surface area contributed by atoms with Gasteiger partial charge in [-0.15, -0.1) is 0 Å². The molecule has 2 aliphatic heterocycles. The Kier molecular flexibility index (Phi) is 7.21. The molecule has 126 valence electrons. The molecule has 22 heavy (non-hydrogen) atoms. The van der Waals surface area contributed by atoms with Crippen LogP contribution in [0.15, 0.2) is 18.2 Å². The fraction of sp³-hybridized carbons (Fsp3) is 0.684. The van der Waals surface area contributed by atoms with E-state index in [0.717, 1.165) is 12.3 Å². The maximum absolute atomic E-state index is 5.37. The van der Waals surface area contributed by atoms with Crippen molar-refractivity contribution in [2.45, 2.75) is 47.0 Å². The van der Waals surface area contributed by atoms with E-state index in [0.29, 0.717) is 11.3 Å². The predicted octanol–water partition coefficient (Wildman–Crippen LogP) is 4.60. The second-order valence-corrected chi connectivity index (χ2v) is 6.03. The first-order chi connectivity index (χ1) is 10.6. The predicted molar refractivity (Wildman–Crippen MR) is 97.1 cm³/mol. The topological polar surface area (TPSA) is 24.5 Å². The number of hydrogen-bond acceptors (Lipinski definition) is 3. The number of hydrogen-bond donors (Lipinski definition) is 1. The molecule has 2 heterocycles. The van der Waals surface area contributed by atoms with E-state index in [1.54, 1.807) is 7.11 Å². The van der Waals surface area contributed by atoms with Gasteiger partial charge in [0.15, 0.2) is 0 Å². The molecule has 1 aromatic rings. The van der Waals surface area contributed by atoms with Gasteiger partial charge in [-0.1, -0.05) is 34.6 Å². The van der Waals surface area contributed by atoms with E-state index in [4.69, 9.17) is 4.74 Å². The van der Waals surface area contributed by atoms with Crippen LogP contribution in [0.5, 0.6) is 5.75 Å². The van der Waals surface area contributed by atoms with Crippen LogP contribution in [-0.4, -0.2) is 38.7 Å². The maximum Gasteiger partial charge on any atom is 0.119 e. The van der Waals surface area contributed by atoms with Gasteiger partial charge in [-0.25, -0.2) is 0 Å². The van der Waals surface area contributed by atoms with Crippen LogP contribution in [0.3, 0.4) is 0 Å². The van der Waals surface area contributed by atoms with E-state index in [-0.39, 0.29) is 0 Å². The summed E-state index contributed by atoms with van der Waals surface area (Å²) in [5.74, 6) is 1.57. The van der Waals surface area contributed by atoms with Gasteiger partial charge in [0.05, 0.1) is 7.11 Å². The molecule has 0 saturated carbocycles. The number of nitrogens with one attached hydrogen (secondary N) is 1. The molecule has 3 nitrogen and oxygen atoms in total. The summed E-state index contributed by atoms with van der Waals surface area (Å²) in [6.07, 6.45) is 1.28. The zero-order chi connectivity index (χ0) is 16.8. The molecule has 0 radical (unpaired) electrons. The highest BCUT2D eigenvalue weighted by atomic mass is 16.5. The molecule has 3 rings (SSSR count). The van der Waals surface area contributed by atoms with Crippen LogP contribution in [0.4, 0.5) is 5.69 Å². The Morgan fingerprint density at radius 1 is 1.23 bits per heavy atom. The summed E-state index contributed by atoms with van der Waals surface area (Å²) in [6, 6.07) is 6.40.